The van der Waals surface area contributed by atoms with Gasteiger partial charge in [0, 0.05) is 11.5 Å². The average molecular weight is 368 g/mol. The van der Waals surface area contributed by atoms with Crippen LogP contribution in [0.4, 0.5) is 5.13 Å². The Morgan fingerprint density at radius 3 is 2.79 bits per heavy atom. The van der Waals surface area contributed by atoms with Crippen molar-refractivity contribution in [3.63, 3.8) is 0 Å². The second-order valence-corrected chi connectivity index (χ2v) is 6.81. The minimum Gasteiger partial charge on any atom is -0.486 e. The van der Waals surface area contributed by atoms with Gasteiger partial charge in [-0.25, -0.2) is 0 Å². The van der Waals surface area contributed by atoms with E-state index in [2.05, 4.69) is 29.4 Å². The molecule has 1 aliphatic rings. The van der Waals surface area contributed by atoms with Crippen LogP contribution in [0.5, 0.6) is 11.5 Å². The number of nitrogens with zero attached hydrogens (tertiary/aromatic N) is 2. The van der Waals surface area contributed by atoms with Gasteiger partial charge in [-0.3, -0.25) is 10.1 Å². The van der Waals surface area contributed by atoms with E-state index in [0.29, 0.717) is 46.3 Å². The molecule has 1 aliphatic heterocycles. The number of benzene rings is 1. The molecule has 128 valence electrons. The summed E-state index contributed by atoms with van der Waals surface area (Å²) in [6, 6.07) is 3.19. The van der Waals surface area contributed by atoms with Crippen LogP contribution in [0.1, 0.15) is 48.0 Å². The Balaban J connectivity index is 1.77. The molecule has 6 nitrogen and oxygen atoms in total. The van der Waals surface area contributed by atoms with E-state index in [9.17, 15) is 4.79 Å². The van der Waals surface area contributed by atoms with Gasteiger partial charge in [0.15, 0.2) is 11.5 Å². The Kier molecular flexibility index (Phi) is 5.20. The van der Waals surface area contributed by atoms with Crippen LogP contribution in [-0.4, -0.2) is 29.3 Å². The van der Waals surface area contributed by atoms with Crippen LogP contribution in [0.25, 0.3) is 0 Å². The minimum absolute atomic E-state index is 0.305. The molecule has 0 fully saturated rings. The topological polar surface area (TPSA) is 73.3 Å². The fourth-order valence-electron chi connectivity index (χ4n) is 2.50. The van der Waals surface area contributed by atoms with Crippen molar-refractivity contribution in [2.45, 2.75) is 32.6 Å². The van der Waals surface area contributed by atoms with Crippen LogP contribution in [0.15, 0.2) is 12.1 Å². The van der Waals surface area contributed by atoms with Crippen molar-refractivity contribution in [3.05, 3.63) is 27.7 Å². The fraction of sp³-hybridized carbons (Fsp3) is 0.438. The lowest BCUT2D eigenvalue weighted by Gasteiger charge is -2.20. The number of hydrogen-bond acceptors (Lipinski definition) is 6. The average Bonchev–Trinajstić information content (AvgIpc) is 3.04. The van der Waals surface area contributed by atoms with Gasteiger partial charge in [0.05, 0.1) is 5.02 Å². The summed E-state index contributed by atoms with van der Waals surface area (Å²) in [6.07, 6.45) is 1.99. The zero-order chi connectivity index (χ0) is 17.1. The number of aromatic nitrogens is 2. The van der Waals surface area contributed by atoms with E-state index in [-0.39, 0.29) is 5.91 Å². The van der Waals surface area contributed by atoms with Gasteiger partial charge in [-0.15, -0.1) is 10.2 Å². The molecule has 0 atom stereocenters. The number of fused-ring (bicyclic) bond motifs is 1. The number of carbonyl (C=O) groups is 1. The highest BCUT2D eigenvalue weighted by atomic mass is 35.5. The summed E-state index contributed by atoms with van der Waals surface area (Å²) >= 11 is 7.57. The van der Waals surface area contributed by atoms with Crippen LogP contribution in [0.2, 0.25) is 5.02 Å². The number of amides is 1. The van der Waals surface area contributed by atoms with E-state index in [1.165, 1.54) is 11.3 Å². The molecule has 3 rings (SSSR count). The number of carbonyl (C=O) groups excluding carboxylic acids is 1. The lowest BCUT2D eigenvalue weighted by Crippen LogP contribution is -2.17. The quantitative estimate of drug-likeness (QED) is 0.860. The molecule has 1 N–H and O–H groups in total. The molecule has 2 heterocycles. The number of nitrogens with one attached hydrogen (secondary N) is 1. The van der Waals surface area contributed by atoms with E-state index in [1.54, 1.807) is 12.1 Å². The number of ether oxygens (including phenoxy) is 2. The van der Waals surface area contributed by atoms with Gasteiger partial charge < -0.3 is 9.47 Å². The van der Waals surface area contributed by atoms with Crippen LogP contribution in [0, 0.1) is 0 Å². The normalized spacial score (nSPS) is 13.2. The van der Waals surface area contributed by atoms with E-state index < -0.39 is 0 Å². The van der Waals surface area contributed by atoms with Crippen LogP contribution in [0.3, 0.4) is 0 Å². The highest BCUT2D eigenvalue weighted by Crippen LogP contribution is 2.38. The van der Waals surface area contributed by atoms with Crippen molar-refractivity contribution in [1.29, 1.82) is 0 Å². The summed E-state index contributed by atoms with van der Waals surface area (Å²) in [4.78, 5) is 12.4. The van der Waals surface area contributed by atoms with Crippen LogP contribution >= 0.6 is 22.9 Å². The van der Waals surface area contributed by atoms with Crippen molar-refractivity contribution in [3.8, 4) is 11.5 Å². The molecule has 8 heteroatoms. The molecule has 2 aromatic rings. The lowest BCUT2D eigenvalue weighted by atomic mass is 10.1. The summed E-state index contributed by atoms with van der Waals surface area (Å²) < 4.78 is 10.9. The van der Waals surface area contributed by atoms with Crippen LogP contribution < -0.4 is 14.8 Å². The number of hydrogen-bond donors (Lipinski definition) is 1. The highest BCUT2D eigenvalue weighted by molar-refractivity contribution is 7.15. The highest BCUT2D eigenvalue weighted by Gasteiger charge is 2.20. The number of rotatable bonds is 5. The number of halogens is 1. The molecule has 1 aromatic carbocycles. The van der Waals surface area contributed by atoms with Crippen molar-refractivity contribution in [2.75, 3.05) is 18.5 Å². The van der Waals surface area contributed by atoms with E-state index >= 15 is 0 Å². The molecule has 1 aromatic heterocycles. The first-order valence-electron chi connectivity index (χ1n) is 7.86. The summed E-state index contributed by atoms with van der Waals surface area (Å²) in [5, 5.41) is 12.8. The smallest absolute Gasteiger partial charge is 0.257 e. The van der Waals surface area contributed by atoms with Gasteiger partial charge in [-0.2, -0.15) is 0 Å². The van der Waals surface area contributed by atoms with Crippen molar-refractivity contribution in [1.82, 2.24) is 10.2 Å². The molecule has 0 bridgehead atoms. The first kappa shape index (κ1) is 17.0. The molecule has 1 amide bonds. The fourth-order valence-corrected chi connectivity index (χ4v) is 3.77. The monoisotopic (exact) mass is 367 g/mol. The predicted octanol–water partition coefficient (Wildman–Crippen LogP) is 4.12. The van der Waals surface area contributed by atoms with E-state index in [0.717, 1.165) is 17.8 Å². The predicted molar refractivity (Wildman–Crippen MR) is 93.6 cm³/mol. The second kappa shape index (κ2) is 7.36. The molecule has 0 radical (unpaired) electrons. The molecule has 0 saturated carbocycles. The van der Waals surface area contributed by atoms with Gasteiger partial charge in [-0.05, 0) is 25.0 Å². The summed E-state index contributed by atoms with van der Waals surface area (Å²) in [5.41, 5.74) is 0.392. The molecular weight excluding hydrogens is 350 g/mol. The molecule has 0 unspecified atom stereocenters. The summed E-state index contributed by atoms with van der Waals surface area (Å²) in [6.45, 7) is 5.11. The molecule has 0 saturated heterocycles. The Morgan fingerprint density at radius 1 is 1.29 bits per heavy atom. The van der Waals surface area contributed by atoms with Gasteiger partial charge in [0.1, 0.15) is 18.2 Å². The SMILES string of the molecule is CCC(CC)c1nnc(NC(=O)c2cc(Cl)c3c(c2)OCCO3)s1. The molecule has 0 spiro atoms. The van der Waals surface area contributed by atoms with E-state index in [1.807, 2.05) is 0 Å². The zero-order valence-corrected chi connectivity index (χ0v) is 15.0. The zero-order valence-electron chi connectivity index (χ0n) is 13.5. The maximum absolute atomic E-state index is 12.4. The van der Waals surface area contributed by atoms with Gasteiger partial charge >= 0.3 is 0 Å². The summed E-state index contributed by atoms with van der Waals surface area (Å²) in [7, 11) is 0. The lowest BCUT2D eigenvalue weighted by molar-refractivity contribution is 0.102. The standard InChI is InChI=1S/C16H18ClN3O3S/c1-3-9(4-2)15-19-20-16(24-15)18-14(21)10-7-11(17)13-12(8-10)22-5-6-23-13/h7-9H,3-6H2,1-2H3,(H,18,20,21). The largest absolute Gasteiger partial charge is 0.486 e. The second-order valence-electron chi connectivity index (χ2n) is 5.40. The summed E-state index contributed by atoms with van der Waals surface area (Å²) in [5.74, 6) is 1.03. The van der Waals surface area contributed by atoms with E-state index in [4.69, 9.17) is 21.1 Å². The molecular formula is C16H18ClN3O3S. The third-order valence-electron chi connectivity index (χ3n) is 3.85. The molecule has 0 aliphatic carbocycles. The number of anilines is 1. The minimum atomic E-state index is -0.305. The third-order valence-corrected chi connectivity index (χ3v) is 5.14. The maximum Gasteiger partial charge on any atom is 0.257 e. The van der Waals surface area contributed by atoms with Crippen molar-refractivity contribution < 1.29 is 14.3 Å². The van der Waals surface area contributed by atoms with Crippen LogP contribution in [-0.2, 0) is 0 Å². The first-order valence-corrected chi connectivity index (χ1v) is 9.05. The van der Waals surface area contributed by atoms with Gasteiger partial charge in [-0.1, -0.05) is 36.8 Å². The third kappa shape index (κ3) is 3.47. The Hall–Kier alpha value is -1.86. The Labute approximate surface area is 149 Å². The first-order chi connectivity index (χ1) is 11.6. The van der Waals surface area contributed by atoms with Crippen molar-refractivity contribution >= 4 is 34.0 Å². The van der Waals surface area contributed by atoms with Crippen molar-refractivity contribution in [2.24, 2.45) is 0 Å². The Bertz CT molecular complexity index is 746. The van der Waals surface area contributed by atoms with Gasteiger partial charge in [0.25, 0.3) is 5.91 Å². The van der Waals surface area contributed by atoms with Gasteiger partial charge in [0.2, 0.25) is 5.13 Å². The maximum atomic E-state index is 12.4. The molecule has 24 heavy (non-hydrogen) atoms. The Morgan fingerprint density at radius 2 is 2.04 bits per heavy atom.